The molecule has 9 heteroatoms. The number of hydrogen-bond donors (Lipinski definition) is 1. The van der Waals surface area contributed by atoms with E-state index in [1.165, 1.54) is 10.4 Å². The summed E-state index contributed by atoms with van der Waals surface area (Å²) in [5.74, 6) is 1.04. The van der Waals surface area contributed by atoms with Crippen molar-refractivity contribution in [2.24, 2.45) is 0 Å². The highest BCUT2D eigenvalue weighted by Gasteiger charge is 2.34. The maximum absolute atomic E-state index is 12.7. The molecule has 4 heterocycles. The number of nitrogens with zero attached hydrogens (tertiary/aromatic N) is 2. The van der Waals surface area contributed by atoms with Gasteiger partial charge in [0.05, 0.1) is 29.5 Å². The number of nitrogens with one attached hydrogen (secondary N) is 1. The summed E-state index contributed by atoms with van der Waals surface area (Å²) < 4.78 is 29.8. The van der Waals surface area contributed by atoms with E-state index in [1.54, 1.807) is 11.3 Å². The summed E-state index contributed by atoms with van der Waals surface area (Å²) >= 11 is 1.64. The molecule has 2 aromatic rings. The van der Waals surface area contributed by atoms with Gasteiger partial charge in [-0.05, 0) is 44.1 Å². The third-order valence-electron chi connectivity index (χ3n) is 6.16. The molecule has 0 bridgehead atoms. The van der Waals surface area contributed by atoms with Crippen molar-refractivity contribution in [2.75, 3.05) is 24.7 Å². The molecule has 2 unspecified atom stereocenters. The van der Waals surface area contributed by atoms with E-state index in [0.717, 1.165) is 48.9 Å². The summed E-state index contributed by atoms with van der Waals surface area (Å²) in [5.41, 5.74) is 1.12. The van der Waals surface area contributed by atoms with Crippen LogP contribution >= 0.6 is 11.3 Å². The van der Waals surface area contributed by atoms with Crippen LogP contribution in [-0.2, 0) is 34.0 Å². The Morgan fingerprint density at radius 2 is 2.14 bits per heavy atom. The Balaban J connectivity index is 1.44. The van der Waals surface area contributed by atoms with E-state index in [9.17, 15) is 13.2 Å². The van der Waals surface area contributed by atoms with E-state index in [2.05, 4.69) is 9.88 Å². The van der Waals surface area contributed by atoms with Crippen LogP contribution in [0.1, 0.15) is 41.9 Å². The Hall–Kier alpha value is -1.29. The maximum atomic E-state index is 12.7. The fourth-order valence-corrected chi connectivity index (χ4v) is 7.81. The topological polar surface area (TPSA) is 92.4 Å². The minimum absolute atomic E-state index is 0.0384. The molecule has 0 saturated carbocycles. The van der Waals surface area contributed by atoms with Gasteiger partial charge in [-0.3, -0.25) is 9.69 Å². The van der Waals surface area contributed by atoms with Gasteiger partial charge in [0, 0.05) is 24.1 Å². The van der Waals surface area contributed by atoms with Crippen LogP contribution < -0.4 is 5.56 Å². The normalized spacial score (nSPS) is 26.5. The van der Waals surface area contributed by atoms with Crippen molar-refractivity contribution in [1.29, 1.82) is 0 Å². The largest absolute Gasteiger partial charge is 0.377 e. The van der Waals surface area contributed by atoms with Crippen LogP contribution in [0.3, 0.4) is 0 Å². The van der Waals surface area contributed by atoms with Crippen molar-refractivity contribution >= 4 is 31.4 Å². The number of aryl methyl sites for hydroxylation is 2. The van der Waals surface area contributed by atoms with Crippen LogP contribution in [0.5, 0.6) is 0 Å². The number of rotatable bonds is 5. The van der Waals surface area contributed by atoms with Crippen LogP contribution in [-0.4, -0.2) is 60.1 Å². The highest BCUT2D eigenvalue weighted by atomic mass is 32.2. The molecule has 152 valence electrons. The number of hydrogen-bond acceptors (Lipinski definition) is 7. The van der Waals surface area contributed by atoms with Crippen molar-refractivity contribution in [3.8, 4) is 0 Å². The zero-order chi connectivity index (χ0) is 19.3. The number of ether oxygens (including phenoxy) is 1. The lowest BCUT2D eigenvalue weighted by molar-refractivity contribution is 0.0564. The Kier molecular flexibility index (Phi) is 4.81. The highest BCUT2D eigenvalue weighted by Crippen LogP contribution is 2.34. The molecule has 2 saturated heterocycles. The molecule has 3 aliphatic rings. The van der Waals surface area contributed by atoms with E-state index in [1.807, 2.05) is 0 Å². The van der Waals surface area contributed by atoms with Gasteiger partial charge in [-0.25, -0.2) is 13.4 Å². The molecule has 2 aliphatic heterocycles. The predicted octanol–water partition coefficient (Wildman–Crippen LogP) is 1.64. The molecule has 5 rings (SSSR count). The molecule has 2 fully saturated rings. The summed E-state index contributed by atoms with van der Waals surface area (Å²) in [4.78, 5) is 24.7. The molecule has 2 atom stereocenters. The summed E-state index contributed by atoms with van der Waals surface area (Å²) in [5, 5.41) is 0.760. The Bertz CT molecular complexity index is 1050. The zero-order valence-corrected chi connectivity index (χ0v) is 17.4. The molecule has 0 aromatic carbocycles. The first-order chi connectivity index (χ1) is 13.5. The van der Waals surface area contributed by atoms with Gasteiger partial charge < -0.3 is 9.72 Å². The number of aromatic nitrogens is 2. The van der Waals surface area contributed by atoms with Gasteiger partial charge in [0.25, 0.3) is 5.56 Å². The average molecular weight is 424 g/mol. The molecule has 2 aromatic heterocycles. The van der Waals surface area contributed by atoms with Crippen molar-refractivity contribution in [3.05, 3.63) is 26.6 Å². The van der Waals surface area contributed by atoms with Gasteiger partial charge in [0.2, 0.25) is 0 Å². The second-order valence-corrected chi connectivity index (χ2v) is 11.5. The van der Waals surface area contributed by atoms with Crippen LogP contribution in [0, 0.1) is 0 Å². The first-order valence-corrected chi connectivity index (χ1v) is 12.7. The summed E-state index contributed by atoms with van der Waals surface area (Å²) in [6.07, 6.45) is 5.92. The second-order valence-electron chi connectivity index (χ2n) is 8.17. The van der Waals surface area contributed by atoms with Crippen molar-refractivity contribution < 1.29 is 13.2 Å². The molecule has 1 aliphatic carbocycles. The SMILES string of the molecule is O=c1[nH]c(CN(CC2CCCO2)C2CCS(=O)(=O)C2)nc2sc3c(c12)CCC3. The maximum Gasteiger partial charge on any atom is 0.259 e. The minimum atomic E-state index is -2.98. The molecule has 0 spiro atoms. The molecule has 28 heavy (non-hydrogen) atoms. The summed E-state index contributed by atoms with van der Waals surface area (Å²) in [7, 11) is -2.98. The Morgan fingerprint density at radius 1 is 1.25 bits per heavy atom. The second kappa shape index (κ2) is 7.19. The van der Waals surface area contributed by atoms with Crippen LogP contribution in [0.4, 0.5) is 0 Å². The van der Waals surface area contributed by atoms with E-state index in [-0.39, 0.29) is 29.2 Å². The molecule has 7 nitrogen and oxygen atoms in total. The zero-order valence-electron chi connectivity index (χ0n) is 15.8. The minimum Gasteiger partial charge on any atom is -0.377 e. The molecule has 0 amide bonds. The fraction of sp³-hybridized carbons (Fsp3) is 0.684. The fourth-order valence-electron chi connectivity index (χ4n) is 4.77. The van der Waals surface area contributed by atoms with Gasteiger partial charge in [-0.2, -0.15) is 0 Å². The highest BCUT2D eigenvalue weighted by molar-refractivity contribution is 7.91. The van der Waals surface area contributed by atoms with Gasteiger partial charge in [0.15, 0.2) is 9.84 Å². The third-order valence-corrected chi connectivity index (χ3v) is 9.10. The summed E-state index contributed by atoms with van der Waals surface area (Å²) in [6.45, 7) is 1.90. The lowest BCUT2D eigenvalue weighted by Gasteiger charge is -2.29. The van der Waals surface area contributed by atoms with Gasteiger partial charge in [-0.1, -0.05) is 0 Å². The molecule has 1 N–H and O–H groups in total. The van der Waals surface area contributed by atoms with Crippen molar-refractivity contribution in [2.45, 2.75) is 57.2 Å². The van der Waals surface area contributed by atoms with E-state index in [0.29, 0.717) is 25.3 Å². The number of fused-ring (bicyclic) bond motifs is 3. The van der Waals surface area contributed by atoms with Gasteiger partial charge in [0.1, 0.15) is 10.7 Å². The standard InChI is InChI=1S/C19H25N3O4S2/c23-18-17-14-4-1-5-15(14)27-19(17)21-16(20-18)10-22(9-13-3-2-7-26-13)12-6-8-28(24,25)11-12/h12-13H,1-11H2,(H,20,21,23). The van der Waals surface area contributed by atoms with E-state index in [4.69, 9.17) is 9.72 Å². The molecular formula is C19H25N3O4S2. The lowest BCUT2D eigenvalue weighted by atomic mass is 10.1. The average Bonchev–Trinajstić information content (AvgIpc) is 3.38. The first kappa shape index (κ1) is 18.7. The number of sulfone groups is 1. The third kappa shape index (κ3) is 3.53. The Labute approximate surface area is 168 Å². The summed E-state index contributed by atoms with van der Waals surface area (Å²) in [6, 6.07) is -0.0384. The van der Waals surface area contributed by atoms with Crippen LogP contribution in [0.15, 0.2) is 4.79 Å². The van der Waals surface area contributed by atoms with Crippen LogP contribution in [0.2, 0.25) is 0 Å². The van der Waals surface area contributed by atoms with Crippen molar-refractivity contribution in [3.63, 3.8) is 0 Å². The van der Waals surface area contributed by atoms with Crippen LogP contribution in [0.25, 0.3) is 10.2 Å². The monoisotopic (exact) mass is 423 g/mol. The smallest absolute Gasteiger partial charge is 0.259 e. The number of thiophene rings is 1. The molecule has 0 radical (unpaired) electrons. The van der Waals surface area contributed by atoms with Gasteiger partial charge >= 0.3 is 0 Å². The number of aromatic amines is 1. The Morgan fingerprint density at radius 3 is 2.89 bits per heavy atom. The molecular weight excluding hydrogens is 398 g/mol. The lowest BCUT2D eigenvalue weighted by Crippen LogP contribution is -2.41. The predicted molar refractivity (Wildman–Crippen MR) is 109 cm³/mol. The number of H-pyrrole nitrogens is 1. The van der Waals surface area contributed by atoms with E-state index < -0.39 is 9.84 Å². The van der Waals surface area contributed by atoms with Gasteiger partial charge in [-0.15, -0.1) is 11.3 Å². The van der Waals surface area contributed by atoms with Crippen molar-refractivity contribution in [1.82, 2.24) is 14.9 Å². The van der Waals surface area contributed by atoms with E-state index >= 15 is 0 Å². The first-order valence-electron chi connectivity index (χ1n) is 10.1. The quantitative estimate of drug-likeness (QED) is 0.786.